The van der Waals surface area contributed by atoms with E-state index in [2.05, 4.69) is 199 Å². The van der Waals surface area contributed by atoms with E-state index in [9.17, 15) is 0 Å². The van der Waals surface area contributed by atoms with Crippen molar-refractivity contribution in [1.82, 2.24) is 0 Å². The summed E-state index contributed by atoms with van der Waals surface area (Å²) in [6, 6.07) is 72.2. The van der Waals surface area contributed by atoms with Crippen LogP contribution in [0.5, 0.6) is 0 Å². The van der Waals surface area contributed by atoms with E-state index in [-0.39, 0.29) is 0 Å². The Morgan fingerprint density at radius 1 is 0.382 bits per heavy atom. The summed E-state index contributed by atoms with van der Waals surface area (Å²) in [5, 5.41) is 7.30. The van der Waals surface area contributed by atoms with E-state index < -0.39 is 0 Å². The first kappa shape index (κ1) is 31.6. The van der Waals surface area contributed by atoms with Crippen molar-refractivity contribution in [3.63, 3.8) is 0 Å². The molecule has 0 saturated carbocycles. The lowest BCUT2D eigenvalue weighted by atomic mass is 9.97. The third-order valence-electron chi connectivity index (χ3n) is 10.9. The SMILES string of the molecule is c1ccc(N(c2ccc(-c3ccc(-c4ccc5ccccc5c4)cc3)cc2)c2cccc3oc4ccccc4c23)c(-c2cccc3c2sc2ccccc23)c1. The third kappa shape index (κ3) is 5.32. The van der Waals surface area contributed by atoms with Crippen LogP contribution in [0.3, 0.4) is 0 Å². The second-order valence-corrected chi connectivity index (χ2v) is 15.1. The van der Waals surface area contributed by atoms with E-state index in [4.69, 9.17) is 4.42 Å². The van der Waals surface area contributed by atoms with Gasteiger partial charge in [0.15, 0.2) is 0 Å². The van der Waals surface area contributed by atoms with Crippen molar-refractivity contribution in [2.75, 3.05) is 4.90 Å². The van der Waals surface area contributed by atoms with Gasteiger partial charge in [0, 0.05) is 42.4 Å². The van der Waals surface area contributed by atoms with E-state index in [1.54, 1.807) is 0 Å². The van der Waals surface area contributed by atoms with E-state index in [0.717, 1.165) is 39.0 Å². The molecule has 9 aromatic carbocycles. The molecule has 0 spiro atoms. The van der Waals surface area contributed by atoms with Gasteiger partial charge in [-0.3, -0.25) is 0 Å². The van der Waals surface area contributed by atoms with Gasteiger partial charge in [0.05, 0.1) is 16.8 Å². The average molecular weight is 720 g/mol. The highest BCUT2D eigenvalue weighted by Crippen LogP contribution is 2.48. The minimum Gasteiger partial charge on any atom is -0.456 e. The minimum atomic E-state index is 0.871. The van der Waals surface area contributed by atoms with Crippen LogP contribution in [0.15, 0.2) is 205 Å². The molecule has 0 unspecified atom stereocenters. The fraction of sp³-hybridized carbons (Fsp3) is 0. The maximum Gasteiger partial charge on any atom is 0.137 e. The normalized spacial score (nSPS) is 11.6. The fourth-order valence-electron chi connectivity index (χ4n) is 8.23. The first-order valence-electron chi connectivity index (χ1n) is 18.7. The van der Waals surface area contributed by atoms with Gasteiger partial charge in [0.25, 0.3) is 0 Å². The zero-order valence-corrected chi connectivity index (χ0v) is 30.6. The summed E-state index contributed by atoms with van der Waals surface area (Å²) in [5.41, 5.74) is 12.2. The summed E-state index contributed by atoms with van der Waals surface area (Å²) < 4.78 is 9.03. The summed E-state index contributed by atoms with van der Waals surface area (Å²) in [4.78, 5) is 2.42. The second-order valence-electron chi connectivity index (χ2n) is 14.1. The van der Waals surface area contributed by atoms with E-state index >= 15 is 0 Å². The van der Waals surface area contributed by atoms with Crippen molar-refractivity contribution in [1.29, 1.82) is 0 Å². The van der Waals surface area contributed by atoms with Crippen LogP contribution in [0.1, 0.15) is 0 Å². The molecule has 0 aliphatic heterocycles. The highest BCUT2D eigenvalue weighted by molar-refractivity contribution is 7.26. The van der Waals surface area contributed by atoms with Crippen molar-refractivity contribution in [2.24, 2.45) is 0 Å². The molecule has 0 aliphatic carbocycles. The number of nitrogens with zero attached hydrogens (tertiary/aromatic N) is 1. The molecular formula is C52H33NOS. The van der Waals surface area contributed by atoms with Crippen LogP contribution >= 0.6 is 11.3 Å². The average Bonchev–Trinajstić information content (AvgIpc) is 3.83. The van der Waals surface area contributed by atoms with Gasteiger partial charge in [-0.2, -0.15) is 0 Å². The van der Waals surface area contributed by atoms with Crippen LogP contribution < -0.4 is 4.90 Å². The Kier molecular flexibility index (Phi) is 7.39. The molecule has 11 aromatic rings. The first-order valence-corrected chi connectivity index (χ1v) is 19.5. The van der Waals surface area contributed by atoms with Crippen LogP contribution in [-0.4, -0.2) is 0 Å². The monoisotopic (exact) mass is 719 g/mol. The Morgan fingerprint density at radius 3 is 1.82 bits per heavy atom. The van der Waals surface area contributed by atoms with Gasteiger partial charge in [-0.1, -0.05) is 152 Å². The van der Waals surface area contributed by atoms with Gasteiger partial charge < -0.3 is 9.32 Å². The molecule has 55 heavy (non-hydrogen) atoms. The molecule has 0 bridgehead atoms. The van der Waals surface area contributed by atoms with Crippen molar-refractivity contribution in [3.05, 3.63) is 200 Å². The molecule has 258 valence electrons. The number of anilines is 3. The van der Waals surface area contributed by atoms with Crippen LogP contribution in [-0.2, 0) is 0 Å². The summed E-state index contributed by atoms with van der Waals surface area (Å²) in [6.45, 7) is 0. The van der Waals surface area contributed by atoms with E-state index in [1.807, 2.05) is 17.4 Å². The number of furan rings is 1. The number of hydrogen-bond donors (Lipinski definition) is 0. The van der Waals surface area contributed by atoms with E-state index in [1.165, 1.54) is 64.3 Å². The number of hydrogen-bond acceptors (Lipinski definition) is 3. The molecule has 0 N–H and O–H groups in total. The van der Waals surface area contributed by atoms with Crippen LogP contribution in [0.25, 0.3) is 86.3 Å². The summed E-state index contributed by atoms with van der Waals surface area (Å²) >= 11 is 1.87. The molecule has 3 heteroatoms. The standard InChI is InChI=1S/C52H33NOS/c1-2-12-38-33-39(28-27-34(38)11-1)37-25-23-35(24-26-37)36-29-31-40(32-30-36)53(47-19-10-21-49-51(47)45-15-4-7-20-48(45)54-49)46-18-6-3-13-41(46)43-16-9-17-44-42-14-5-8-22-50(42)55-52(43)44/h1-33H. The molecular weight excluding hydrogens is 687 g/mol. The Morgan fingerprint density at radius 2 is 0.964 bits per heavy atom. The van der Waals surface area contributed by atoms with Crippen LogP contribution in [0.2, 0.25) is 0 Å². The number of para-hydroxylation sites is 2. The predicted molar refractivity (Wildman–Crippen MR) is 235 cm³/mol. The Hall–Kier alpha value is -6.94. The van der Waals surface area contributed by atoms with Crippen LogP contribution in [0.4, 0.5) is 17.1 Å². The second kappa shape index (κ2) is 12.9. The molecule has 0 atom stereocenters. The smallest absolute Gasteiger partial charge is 0.137 e. The topological polar surface area (TPSA) is 16.4 Å². The minimum absolute atomic E-state index is 0.871. The number of thiophene rings is 1. The largest absolute Gasteiger partial charge is 0.456 e. The van der Waals surface area contributed by atoms with Crippen molar-refractivity contribution >= 4 is 81.3 Å². The molecule has 11 rings (SSSR count). The Balaban J connectivity index is 1.06. The quantitative estimate of drug-likeness (QED) is 0.170. The van der Waals surface area contributed by atoms with Gasteiger partial charge in [-0.05, 0) is 81.6 Å². The molecule has 2 aromatic heterocycles. The summed E-state index contributed by atoms with van der Waals surface area (Å²) in [7, 11) is 0. The molecule has 0 saturated heterocycles. The molecule has 2 nitrogen and oxygen atoms in total. The lowest BCUT2D eigenvalue weighted by Gasteiger charge is -2.29. The Labute approximate surface area is 322 Å². The number of fused-ring (bicyclic) bond motifs is 7. The highest BCUT2D eigenvalue weighted by Gasteiger charge is 2.23. The summed E-state index contributed by atoms with van der Waals surface area (Å²) in [5.74, 6) is 0. The lowest BCUT2D eigenvalue weighted by molar-refractivity contribution is 0.669. The highest BCUT2D eigenvalue weighted by atomic mass is 32.1. The molecule has 0 aliphatic rings. The van der Waals surface area contributed by atoms with Gasteiger partial charge in [0.1, 0.15) is 11.2 Å². The van der Waals surface area contributed by atoms with Crippen molar-refractivity contribution in [3.8, 4) is 33.4 Å². The predicted octanol–water partition coefficient (Wildman–Crippen LogP) is 15.6. The summed E-state index contributed by atoms with van der Waals surface area (Å²) in [6.07, 6.45) is 0. The zero-order valence-electron chi connectivity index (χ0n) is 29.8. The van der Waals surface area contributed by atoms with Crippen molar-refractivity contribution < 1.29 is 4.42 Å². The lowest BCUT2D eigenvalue weighted by Crippen LogP contribution is -2.11. The molecule has 0 fully saturated rings. The van der Waals surface area contributed by atoms with Gasteiger partial charge in [-0.25, -0.2) is 0 Å². The zero-order chi connectivity index (χ0) is 36.3. The molecule has 0 amide bonds. The van der Waals surface area contributed by atoms with E-state index in [0.29, 0.717) is 0 Å². The number of rotatable bonds is 6. The van der Waals surface area contributed by atoms with Gasteiger partial charge >= 0.3 is 0 Å². The maximum atomic E-state index is 6.44. The molecule has 2 heterocycles. The first-order chi connectivity index (χ1) is 27.3. The number of benzene rings is 9. The van der Waals surface area contributed by atoms with Crippen LogP contribution in [0, 0.1) is 0 Å². The van der Waals surface area contributed by atoms with Gasteiger partial charge in [-0.15, -0.1) is 11.3 Å². The van der Waals surface area contributed by atoms with Crippen molar-refractivity contribution in [2.45, 2.75) is 0 Å². The fourth-order valence-corrected chi connectivity index (χ4v) is 9.46. The Bertz CT molecular complexity index is 3210. The van der Waals surface area contributed by atoms with Gasteiger partial charge in [0.2, 0.25) is 0 Å². The third-order valence-corrected chi connectivity index (χ3v) is 12.1. The molecule has 0 radical (unpaired) electrons. The maximum absolute atomic E-state index is 6.44.